The van der Waals surface area contributed by atoms with Crippen LogP contribution in [-0.2, 0) is 60.8 Å². The fourth-order valence-electron chi connectivity index (χ4n) is 13.6. The zero-order valence-electron chi connectivity index (χ0n) is 52.6. The number of nitrogens with one attached hydrogen (secondary N) is 7. The Hall–Kier alpha value is -9.25. The normalized spacial score (nSPS) is 20.9. The van der Waals surface area contributed by atoms with Gasteiger partial charge in [-0.3, -0.25) is 62.9 Å². The molecule has 5 fully saturated rings. The Morgan fingerprint density at radius 1 is 0.543 bits per heavy atom. The first-order valence-electron chi connectivity index (χ1n) is 31.7. The van der Waals surface area contributed by atoms with Crippen molar-refractivity contribution in [2.24, 2.45) is 89.9 Å². The van der Waals surface area contributed by atoms with Gasteiger partial charge in [0.1, 0.15) is 54.1 Å². The minimum atomic E-state index is -1.74. The summed E-state index contributed by atoms with van der Waals surface area (Å²) in [4.78, 5) is 154. The number of nitrogens with zero attached hydrogens (tertiary/aromatic N) is 4. The van der Waals surface area contributed by atoms with E-state index in [1.807, 2.05) is 0 Å². The number of guanidine groups is 3. The van der Waals surface area contributed by atoms with E-state index in [1.54, 1.807) is 56.3 Å². The van der Waals surface area contributed by atoms with Crippen molar-refractivity contribution in [3.8, 4) is 5.75 Å². The monoisotopic (exact) mass is 1280 g/mol. The zero-order valence-corrected chi connectivity index (χ0v) is 52.6. The van der Waals surface area contributed by atoms with Gasteiger partial charge in [0, 0.05) is 45.4 Å². The van der Waals surface area contributed by atoms with E-state index >= 15 is 0 Å². The number of phenols is 1. The maximum absolute atomic E-state index is 14.8. The lowest BCUT2D eigenvalue weighted by Gasteiger charge is -2.56. The molecule has 7 rings (SSSR count). The highest BCUT2D eigenvalue weighted by Gasteiger charge is 2.52. The third kappa shape index (κ3) is 22.3. The van der Waals surface area contributed by atoms with Crippen LogP contribution in [0.3, 0.4) is 0 Å². The molecule has 0 unspecified atom stereocenters. The van der Waals surface area contributed by atoms with Gasteiger partial charge < -0.3 is 93.1 Å². The number of amides is 10. The van der Waals surface area contributed by atoms with Gasteiger partial charge in [0.25, 0.3) is 0 Å². The Kier molecular flexibility index (Phi) is 26.7. The van der Waals surface area contributed by atoms with Gasteiger partial charge >= 0.3 is 0 Å². The third-order valence-electron chi connectivity index (χ3n) is 17.5. The lowest BCUT2D eigenvalue weighted by Crippen LogP contribution is -2.61. The summed E-state index contributed by atoms with van der Waals surface area (Å²) in [6.45, 7) is 3.48. The standard InChI is InChI=1S/C62H95N19O11/c1-34(2)50(80-55(89)45(27-35-10-4-3-5-11-35)78-53(87)44(28-36-16-18-40(82)19-17-36)74-49(84)33-62-30-37-24-38(31-62)26-39(25-37)32-62)57(91)79-46(29-48(63)83)54(88)77-43(14-8-22-73-61(69)70)58(92)81-23-9-15-47(81)56(90)76-42(13-7-21-72-60(67)68)52(86)75-41(51(64)85)12-6-20-71-59(65)66/h3-5,10-11,16-19,34,37-39,41-47,50,82H,6-9,12-15,20-33H2,1-2H3,(H2,63,83)(H2,64,85)(H,74,84)(H,75,86)(H,76,90)(H,77,88)(H,78,87)(H,79,91)(H,80,89)(H4,65,66,71)(H4,67,68,72)(H4,69,70,73)/t37?,38?,39?,41-,42-,43-,44+,45-,46-,47-,50-,62?/m0/s1. The molecule has 1 aliphatic heterocycles. The van der Waals surface area contributed by atoms with Crippen LogP contribution < -0.4 is 83.1 Å². The van der Waals surface area contributed by atoms with Crippen LogP contribution >= 0.6 is 0 Å². The van der Waals surface area contributed by atoms with Crippen LogP contribution in [0.1, 0.15) is 128 Å². The zero-order chi connectivity index (χ0) is 67.2. The maximum atomic E-state index is 14.8. The Bertz CT molecular complexity index is 2970. The van der Waals surface area contributed by atoms with Crippen LogP contribution in [0.2, 0.25) is 0 Å². The summed E-state index contributed by atoms with van der Waals surface area (Å²) < 4.78 is 0. The maximum Gasteiger partial charge on any atom is 0.245 e. The number of aliphatic imine (C=N–C) groups is 3. The van der Waals surface area contributed by atoms with Crippen molar-refractivity contribution in [3.05, 3.63) is 65.7 Å². The van der Waals surface area contributed by atoms with Crippen LogP contribution in [0.25, 0.3) is 0 Å². The molecule has 2 aromatic rings. The molecule has 10 amide bonds. The number of rotatable bonds is 36. The molecule has 0 aromatic heterocycles. The van der Waals surface area contributed by atoms with Gasteiger partial charge in [-0.25, -0.2) is 0 Å². The van der Waals surface area contributed by atoms with Gasteiger partial charge in [0.05, 0.1) is 6.42 Å². The number of likely N-dealkylation sites (tertiary alicyclic amines) is 1. The quantitative estimate of drug-likeness (QED) is 0.0188. The van der Waals surface area contributed by atoms with Crippen LogP contribution in [0.4, 0.5) is 0 Å². The lowest BCUT2D eigenvalue weighted by molar-refractivity contribution is -0.143. The van der Waals surface area contributed by atoms with Crippen LogP contribution in [0, 0.1) is 29.1 Å². The molecule has 4 saturated carbocycles. The van der Waals surface area contributed by atoms with Crippen molar-refractivity contribution in [2.45, 2.75) is 178 Å². The third-order valence-corrected chi connectivity index (χ3v) is 17.5. The van der Waals surface area contributed by atoms with Crippen molar-refractivity contribution in [3.63, 3.8) is 0 Å². The minimum absolute atomic E-state index is 0.00143. The molecule has 4 bridgehead atoms. The van der Waals surface area contributed by atoms with Crippen LogP contribution in [-0.4, -0.2) is 161 Å². The second-order valence-corrected chi connectivity index (χ2v) is 25.4. The summed E-state index contributed by atoms with van der Waals surface area (Å²) in [5.41, 5.74) is 45.4. The molecule has 4 aliphatic carbocycles. The average Bonchev–Trinajstić information content (AvgIpc) is 0.868. The highest BCUT2D eigenvalue weighted by molar-refractivity contribution is 5.99. The molecule has 30 nitrogen and oxygen atoms in total. The van der Waals surface area contributed by atoms with E-state index in [0.29, 0.717) is 35.3 Å². The predicted octanol–water partition coefficient (Wildman–Crippen LogP) is -2.65. The predicted molar refractivity (Wildman–Crippen MR) is 343 cm³/mol. The van der Waals surface area contributed by atoms with Crippen molar-refractivity contribution >= 4 is 77.0 Å². The molecule has 24 N–H and O–H groups in total. The van der Waals surface area contributed by atoms with Gasteiger partial charge in [0.15, 0.2) is 17.9 Å². The molecule has 30 heteroatoms. The Labute approximate surface area is 535 Å². The van der Waals surface area contributed by atoms with Gasteiger partial charge in [-0.2, -0.15) is 0 Å². The molecule has 504 valence electrons. The molecule has 0 radical (unpaired) electrons. The first-order valence-corrected chi connectivity index (χ1v) is 31.7. The number of aromatic hydroxyl groups is 1. The summed E-state index contributed by atoms with van der Waals surface area (Å²) in [6.07, 6.45) is 6.82. The van der Waals surface area contributed by atoms with Gasteiger partial charge in [-0.1, -0.05) is 56.3 Å². The van der Waals surface area contributed by atoms with E-state index in [4.69, 9.17) is 45.9 Å². The summed E-state index contributed by atoms with van der Waals surface area (Å²) in [5, 5.41) is 29.1. The minimum Gasteiger partial charge on any atom is -0.508 e. The van der Waals surface area contributed by atoms with Crippen molar-refractivity contribution < 1.29 is 53.1 Å². The van der Waals surface area contributed by atoms with Gasteiger partial charge in [0.2, 0.25) is 59.1 Å². The molecule has 5 aliphatic rings. The number of benzene rings is 2. The Balaban J connectivity index is 1.18. The number of carbonyl (C=O) groups is 10. The van der Waals surface area contributed by atoms with Crippen molar-refractivity contribution in [1.82, 2.24) is 42.1 Å². The van der Waals surface area contributed by atoms with E-state index in [1.165, 1.54) is 36.3 Å². The van der Waals surface area contributed by atoms with E-state index < -0.39 is 114 Å². The topological polar surface area (TPSA) is 524 Å². The molecule has 92 heavy (non-hydrogen) atoms. The highest BCUT2D eigenvalue weighted by Crippen LogP contribution is 2.61. The second kappa shape index (κ2) is 34.3. The summed E-state index contributed by atoms with van der Waals surface area (Å²) in [6, 6.07) is 4.32. The van der Waals surface area contributed by atoms with Gasteiger partial charge in [-0.15, -0.1) is 0 Å². The summed E-state index contributed by atoms with van der Waals surface area (Å²) in [7, 11) is 0. The van der Waals surface area contributed by atoms with Gasteiger partial charge in [-0.05, 0) is 142 Å². The van der Waals surface area contributed by atoms with Crippen molar-refractivity contribution in [1.29, 1.82) is 0 Å². The van der Waals surface area contributed by atoms with Crippen molar-refractivity contribution in [2.75, 3.05) is 26.2 Å². The molecular weight excluding hydrogens is 1190 g/mol. The number of hydrogen-bond acceptors (Lipinski definition) is 14. The number of nitrogens with two attached hydrogens (primary N) is 8. The average molecular weight is 1280 g/mol. The second-order valence-electron chi connectivity index (χ2n) is 25.4. The van der Waals surface area contributed by atoms with Crippen LogP contribution in [0.15, 0.2) is 69.6 Å². The Morgan fingerprint density at radius 3 is 1.52 bits per heavy atom. The molecule has 2 aromatic carbocycles. The molecular formula is C62H95N19O11. The number of carbonyl (C=O) groups excluding carboxylic acids is 10. The summed E-state index contributed by atoms with van der Waals surface area (Å²) in [5.74, 6) is -7.40. The summed E-state index contributed by atoms with van der Waals surface area (Å²) >= 11 is 0. The molecule has 0 spiro atoms. The molecule has 1 heterocycles. The number of hydrogen-bond donors (Lipinski definition) is 16. The Morgan fingerprint density at radius 2 is 1.00 bits per heavy atom. The molecule has 8 atom stereocenters. The highest BCUT2D eigenvalue weighted by atomic mass is 16.3. The first-order chi connectivity index (χ1) is 43.7. The lowest BCUT2D eigenvalue weighted by atomic mass is 9.49. The van der Waals surface area contributed by atoms with E-state index in [2.05, 4.69) is 52.2 Å². The van der Waals surface area contributed by atoms with E-state index in [0.717, 1.165) is 19.3 Å². The largest absolute Gasteiger partial charge is 0.508 e. The fraction of sp³-hybridized carbons (Fsp3) is 0.597. The molecule has 1 saturated heterocycles. The van der Waals surface area contributed by atoms with E-state index in [-0.39, 0.29) is 125 Å². The first kappa shape index (κ1) is 71.8. The van der Waals surface area contributed by atoms with E-state index in [9.17, 15) is 53.1 Å². The smallest absolute Gasteiger partial charge is 0.245 e. The van der Waals surface area contributed by atoms with Crippen LogP contribution in [0.5, 0.6) is 5.75 Å². The number of primary amides is 2. The number of phenolic OH excluding ortho intramolecular Hbond substituents is 1. The fourth-order valence-corrected chi connectivity index (χ4v) is 13.6. The SMILES string of the molecule is CC(C)[C@H](NC(=O)[C@H](Cc1ccccc1)NC(=O)[C@@H](Cc1ccc(O)cc1)NC(=O)CC12CC3CC(CC(C3)C1)C2)C(=O)N[C@@H](CC(N)=O)C(=O)N[C@@H](CCCN=C(N)N)C(=O)N1CCC[C@H]1C(=O)N[C@@H](CCCN=C(N)N)C(=O)N[C@@H](CCCN=C(N)N)C(N)=O.